The molecule has 3 N–H and O–H groups in total. The number of alkyl carbamates (subject to hydrolysis) is 1. The van der Waals surface area contributed by atoms with Crippen LogP contribution in [0.15, 0.2) is 0 Å². The average molecular weight is 160 g/mol. The van der Waals surface area contributed by atoms with E-state index in [1.54, 1.807) is 0 Å². The molecule has 11 heavy (non-hydrogen) atoms. The van der Waals surface area contributed by atoms with Gasteiger partial charge in [0.15, 0.2) is 6.23 Å². The van der Waals surface area contributed by atoms with E-state index >= 15 is 0 Å². The summed E-state index contributed by atoms with van der Waals surface area (Å²) in [6.45, 7) is 4.47. The molecule has 4 heteroatoms. The topological polar surface area (TPSA) is 64.3 Å². The molecule has 0 aliphatic carbocycles. The molecule has 0 saturated carbocycles. The monoisotopic (exact) mass is 160 g/mol. The van der Waals surface area contributed by atoms with Crippen LogP contribution >= 0.6 is 0 Å². The van der Waals surface area contributed by atoms with E-state index in [2.05, 4.69) is 5.32 Å². The van der Waals surface area contributed by atoms with Crippen molar-refractivity contribution in [2.45, 2.75) is 32.9 Å². The van der Waals surface area contributed by atoms with Crippen LogP contribution in [0.25, 0.3) is 0 Å². The van der Waals surface area contributed by atoms with E-state index in [-0.39, 0.29) is 0 Å². The summed E-state index contributed by atoms with van der Waals surface area (Å²) in [5.74, 6) is 0. The van der Waals surface area contributed by atoms with Crippen LogP contribution in [-0.2, 0) is 4.74 Å². The number of hydrogen-bond donors (Lipinski definition) is 2. The van der Waals surface area contributed by atoms with Gasteiger partial charge in [-0.3, -0.25) is 5.73 Å². The fourth-order valence-electron chi connectivity index (χ4n) is 0.490. The molecule has 1 unspecified atom stereocenters. The second-order valence-electron chi connectivity index (χ2n) is 2.28. The first-order valence-corrected chi connectivity index (χ1v) is 3.90. The molecule has 0 spiro atoms. The molecule has 0 radical (unpaired) electrons. The van der Waals surface area contributed by atoms with Crippen LogP contribution in [0, 0.1) is 0 Å². The summed E-state index contributed by atoms with van der Waals surface area (Å²) in [6.07, 6.45) is 0.628. The van der Waals surface area contributed by atoms with Crippen molar-refractivity contribution in [1.29, 1.82) is 0 Å². The zero-order chi connectivity index (χ0) is 8.69. The van der Waals surface area contributed by atoms with E-state index in [4.69, 9.17) is 10.5 Å². The van der Waals surface area contributed by atoms with Gasteiger partial charge in [0.2, 0.25) is 0 Å². The largest absolute Gasteiger partial charge is 0.431 e. The summed E-state index contributed by atoms with van der Waals surface area (Å²) in [5.41, 5.74) is 5.36. The Morgan fingerprint density at radius 2 is 2.27 bits per heavy atom. The van der Waals surface area contributed by atoms with Gasteiger partial charge in [-0.1, -0.05) is 13.8 Å². The Kier molecular flexibility index (Phi) is 5.56. The third-order valence-electron chi connectivity index (χ3n) is 1.18. The number of rotatable bonds is 4. The predicted octanol–water partition coefficient (Wildman–Crippen LogP) is 0.817. The van der Waals surface area contributed by atoms with Crippen molar-refractivity contribution in [3.8, 4) is 0 Å². The van der Waals surface area contributed by atoms with Crippen molar-refractivity contribution in [2.24, 2.45) is 5.73 Å². The summed E-state index contributed by atoms with van der Waals surface area (Å²) >= 11 is 0. The lowest BCUT2D eigenvalue weighted by Crippen LogP contribution is -2.33. The molecule has 0 aromatic carbocycles. The number of ether oxygens (including phenoxy) is 1. The molecule has 0 bridgehead atoms. The Bertz CT molecular complexity index is 117. The number of carbonyl (C=O) groups excluding carboxylic acids is 1. The second kappa shape index (κ2) is 5.97. The molecular weight excluding hydrogens is 144 g/mol. The summed E-state index contributed by atoms with van der Waals surface area (Å²) in [5, 5.41) is 2.56. The SMILES string of the molecule is CCCNC(=O)OC(N)CC. The van der Waals surface area contributed by atoms with Crippen LogP contribution in [0.4, 0.5) is 4.79 Å². The lowest BCUT2D eigenvalue weighted by atomic mass is 10.4. The Morgan fingerprint density at radius 1 is 1.64 bits per heavy atom. The van der Waals surface area contributed by atoms with E-state index in [1.807, 2.05) is 13.8 Å². The van der Waals surface area contributed by atoms with Crippen molar-refractivity contribution in [1.82, 2.24) is 5.32 Å². The summed E-state index contributed by atoms with van der Waals surface area (Å²) in [4.78, 5) is 10.8. The van der Waals surface area contributed by atoms with Crippen LogP contribution < -0.4 is 11.1 Å². The number of carbonyl (C=O) groups is 1. The quantitative estimate of drug-likeness (QED) is 0.598. The van der Waals surface area contributed by atoms with E-state index in [0.717, 1.165) is 6.42 Å². The minimum Gasteiger partial charge on any atom is -0.431 e. The first kappa shape index (κ1) is 10.2. The predicted molar refractivity (Wildman–Crippen MR) is 43.0 cm³/mol. The van der Waals surface area contributed by atoms with Gasteiger partial charge in [-0.2, -0.15) is 0 Å². The van der Waals surface area contributed by atoms with Gasteiger partial charge < -0.3 is 10.1 Å². The molecular formula is C7H16N2O2. The lowest BCUT2D eigenvalue weighted by molar-refractivity contribution is 0.0987. The minimum absolute atomic E-state index is 0.429. The molecule has 0 aliphatic rings. The maximum absolute atomic E-state index is 10.8. The van der Waals surface area contributed by atoms with Gasteiger partial charge in [0.1, 0.15) is 0 Å². The smallest absolute Gasteiger partial charge is 0.408 e. The van der Waals surface area contributed by atoms with Crippen LogP contribution in [0.2, 0.25) is 0 Å². The fraction of sp³-hybridized carbons (Fsp3) is 0.857. The third kappa shape index (κ3) is 5.66. The number of hydrogen-bond acceptors (Lipinski definition) is 3. The summed E-state index contributed by atoms with van der Waals surface area (Å²) in [6, 6.07) is 0. The van der Waals surface area contributed by atoms with Crippen molar-refractivity contribution in [3.63, 3.8) is 0 Å². The number of amides is 1. The molecule has 1 atom stereocenters. The van der Waals surface area contributed by atoms with Crippen molar-refractivity contribution < 1.29 is 9.53 Å². The highest BCUT2D eigenvalue weighted by atomic mass is 16.6. The second-order valence-corrected chi connectivity index (χ2v) is 2.28. The Balaban J connectivity index is 3.36. The molecule has 0 aromatic rings. The van der Waals surface area contributed by atoms with Gasteiger partial charge in [-0.15, -0.1) is 0 Å². The van der Waals surface area contributed by atoms with Crippen molar-refractivity contribution >= 4 is 6.09 Å². The van der Waals surface area contributed by atoms with Crippen LogP contribution in [-0.4, -0.2) is 18.9 Å². The fourth-order valence-corrected chi connectivity index (χ4v) is 0.490. The maximum Gasteiger partial charge on any atom is 0.408 e. The Labute approximate surface area is 67.1 Å². The Hall–Kier alpha value is -0.770. The average Bonchev–Trinajstić information content (AvgIpc) is 2.00. The van der Waals surface area contributed by atoms with E-state index in [9.17, 15) is 4.79 Å². The van der Waals surface area contributed by atoms with Crippen LogP contribution in [0.1, 0.15) is 26.7 Å². The molecule has 66 valence electrons. The zero-order valence-corrected chi connectivity index (χ0v) is 7.09. The molecule has 0 rings (SSSR count). The lowest BCUT2D eigenvalue weighted by Gasteiger charge is -2.10. The highest BCUT2D eigenvalue weighted by molar-refractivity contribution is 5.67. The van der Waals surface area contributed by atoms with Gasteiger partial charge >= 0.3 is 6.09 Å². The molecule has 0 heterocycles. The minimum atomic E-state index is -0.480. The van der Waals surface area contributed by atoms with Crippen LogP contribution in [0.5, 0.6) is 0 Å². The maximum atomic E-state index is 10.8. The van der Waals surface area contributed by atoms with Gasteiger partial charge in [0.05, 0.1) is 0 Å². The summed E-state index contributed by atoms with van der Waals surface area (Å²) < 4.78 is 4.73. The Morgan fingerprint density at radius 3 is 2.73 bits per heavy atom. The van der Waals surface area contributed by atoms with Crippen molar-refractivity contribution in [3.05, 3.63) is 0 Å². The molecule has 0 fully saturated rings. The van der Waals surface area contributed by atoms with Crippen molar-refractivity contribution in [2.75, 3.05) is 6.54 Å². The first-order chi connectivity index (χ1) is 5.20. The molecule has 0 aromatic heterocycles. The van der Waals surface area contributed by atoms with Gasteiger partial charge in [-0.25, -0.2) is 4.79 Å². The third-order valence-corrected chi connectivity index (χ3v) is 1.18. The van der Waals surface area contributed by atoms with E-state index in [0.29, 0.717) is 13.0 Å². The molecule has 4 nitrogen and oxygen atoms in total. The zero-order valence-electron chi connectivity index (χ0n) is 7.09. The molecule has 0 aliphatic heterocycles. The van der Waals surface area contributed by atoms with E-state index in [1.165, 1.54) is 0 Å². The number of nitrogens with two attached hydrogens (primary N) is 1. The molecule has 1 amide bonds. The summed E-state index contributed by atoms with van der Waals surface area (Å²) in [7, 11) is 0. The first-order valence-electron chi connectivity index (χ1n) is 3.90. The standard InChI is InChI=1S/C7H16N2O2/c1-3-5-9-7(10)11-6(8)4-2/h6H,3-5,8H2,1-2H3,(H,9,10). The normalized spacial score (nSPS) is 12.3. The van der Waals surface area contributed by atoms with E-state index < -0.39 is 12.3 Å². The number of nitrogens with one attached hydrogen (secondary N) is 1. The highest BCUT2D eigenvalue weighted by Gasteiger charge is 2.04. The van der Waals surface area contributed by atoms with Gasteiger partial charge in [0, 0.05) is 6.54 Å². The van der Waals surface area contributed by atoms with Gasteiger partial charge in [-0.05, 0) is 12.8 Å². The van der Waals surface area contributed by atoms with Crippen LogP contribution in [0.3, 0.4) is 0 Å². The van der Waals surface area contributed by atoms with Gasteiger partial charge in [0.25, 0.3) is 0 Å². The highest BCUT2D eigenvalue weighted by Crippen LogP contribution is 1.89. The molecule has 0 saturated heterocycles.